The van der Waals surface area contributed by atoms with Crippen LogP contribution in [-0.4, -0.2) is 14.2 Å². The van der Waals surface area contributed by atoms with E-state index in [9.17, 15) is 0 Å². The lowest BCUT2D eigenvalue weighted by atomic mass is 10.3. The number of methoxy groups -OCH3 is 2. The monoisotopic (exact) mass is 325 g/mol. The Bertz CT molecular complexity index is 556. The summed E-state index contributed by atoms with van der Waals surface area (Å²) in [5.74, 6) is -0.317. The van der Waals surface area contributed by atoms with E-state index in [1.807, 2.05) is 36.4 Å². The molecule has 0 N–H and O–H groups in total. The van der Waals surface area contributed by atoms with Gasteiger partial charge in [-0.3, -0.25) is 0 Å². The van der Waals surface area contributed by atoms with Gasteiger partial charge < -0.3 is 38.5 Å². The minimum Gasteiger partial charge on any atom is -0.533 e. The van der Waals surface area contributed by atoms with E-state index in [2.05, 4.69) is 0 Å². The minimum atomic E-state index is -2.50. The maximum Gasteiger partial charge on any atom is 0.169 e. The largest absolute Gasteiger partial charge is 0.533 e. The Morgan fingerprint density at radius 3 is 1.55 bits per heavy atom. The van der Waals surface area contributed by atoms with Gasteiger partial charge in [0.25, 0.3) is 0 Å². The second-order valence-corrected chi connectivity index (χ2v) is 9.43. The fraction of sp³-hybridized carbons (Fsp3) is 0.143. The zero-order valence-electron chi connectivity index (χ0n) is 11.1. The van der Waals surface area contributed by atoms with Gasteiger partial charge in [0.1, 0.15) is 11.5 Å². The summed E-state index contributed by atoms with van der Waals surface area (Å²) in [5, 5.41) is 0.833. The van der Waals surface area contributed by atoms with Gasteiger partial charge in [-0.25, -0.2) is 0 Å². The van der Waals surface area contributed by atoms with Crippen molar-refractivity contribution in [3.63, 3.8) is 0 Å². The summed E-state index contributed by atoms with van der Waals surface area (Å²) in [5.41, 5.74) is 0. The highest BCUT2D eigenvalue weighted by molar-refractivity contribution is 8.74. The number of hydrogen-bond acceptors (Lipinski definition) is 5. The van der Waals surface area contributed by atoms with E-state index < -0.39 is 5.89 Å². The molecular weight excluding hydrogens is 311 g/mol. The average Bonchev–Trinajstić information content (AvgIpc) is 2.48. The third-order valence-corrected chi connectivity index (χ3v) is 5.77. The van der Waals surface area contributed by atoms with Gasteiger partial charge >= 0.3 is 0 Å². The first-order valence-corrected chi connectivity index (χ1v) is 9.58. The third kappa shape index (κ3) is 3.75. The van der Waals surface area contributed by atoms with E-state index >= 15 is 0 Å². The molecule has 2 aromatic rings. The second kappa shape index (κ2) is 6.61. The molecule has 0 aliphatic rings. The predicted octanol–water partition coefficient (Wildman–Crippen LogP) is 3.26. The van der Waals surface area contributed by atoms with Crippen LogP contribution in [0.4, 0.5) is 0 Å². The summed E-state index contributed by atoms with van der Waals surface area (Å²) < 4.78 is 16.0. The molecule has 0 aromatic heterocycles. The number of hydrogen-bond donors (Lipinski definition) is 0. The zero-order chi connectivity index (χ0) is 14.6. The molecule has 0 heterocycles. The first kappa shape index (κ1) is 15.4. The Balaban J connectivity index is 2.15. The number of benzene rings is 2. The van der Waals surface area contributed by atoms with Gasteiger partial charge in [0.15, 0.2) is 5.75 Å². The molecule has 0 atom stereocenters. The normalized spacial score (nSPS) is 11.0. The van der Waals surface area contributed by atoms with Crippen LogP contribution in [-0.2, 0) is 24.5 Å². The van der Waals surface area contributed by atoms with Crippen molar-refractivity contribution in [2.75, 3.05) is 14.2 Å². The lowest BCUT2D eigenvalue weighted by Crippen LogP contribution is -2.11. The quantitative estimate of drug-likeness (QED) is 0.621. The highest BCUT2D eigenvalue weighted by atomic mass is 33.1. The molecule has 0 aliphatic heterocycles. The maximum atomic E-state index is 5.81. The molecule has 0 unspecified atom stereocenters. The van der Waals surface area contributed by atoms with Gasteiger partial charge in [-0.1, -0.05) is 0 Å². The molecule has 6 heteroatoms. The molecule has 3 nitrogen and oxygen atoms in total. The van der Waals surface area contributed by atoms with Crippen molar-refractivity contribution in [1.29, 1.82) is 0 Å². The predicted molar refractivity (Wildman–Crippen MR) is 87.9 cm³/mol. The molecule has 2 aromatic carbocycles. The summed E-state index contributed by atoms with van der Waals surface area (Å²) in [7, 11) is 3.23. The topological polar surface area (TPSA) is 27.7 Å². The summed E-state index contributed by atoms with van der Waals surface area (Å²) in [6.45, 7) is 0. The third-order valence-electron chi connectivity index (χ3n) is 2.67. The molecule has 0 spiro atoms. The highest BCUT2D eigenvalue weighted by Gasteiger charge is 2.15. The van der Waals surface area contributed by atoms with Crippen molar-refractivity contribution in [3.8, 4) is 17.2 Å². The Morgan fingerprint density at radius 2 is 1.10 bits per heavy atom. The van der Waals surface area contributed by atoms with Crippen LogP contribution < -0.4 is 19.3 Å². The van der Waals surface area contributed by atoms with E-state index in [4.69, 9.17) is 38.5 Å². The SMILES string of the molecule is COc1ccc(O[P+]([S-])([S-])c2ccc(OC)cc2)cc1. The van der Waals surface area contributed by atoms with Crippen LogP contribution in [0.5, 0.6) is 17.2 Å². The highest BCUT2D eigenvalue weighted by Crippen LogP contribution is 2.54. The Kier molecular flexibility index (Phi) is 5.08. The first-order valence-electron chi connectivity index (χ1n) is 5.84. The van der Waals surface area contributed by atoms with E-state index in [0.29, 0.717) is 5.75 Å². The molecule has 20 heavy (non-hydrogen) atoms. The maximum absolute atomic E-state index is 5.81. The van der Waals surface area contributed by atoms with Gasteiger partial charge in [0.2, 0.25) is 0 Å². The van der Waals surface area contributed by atoms with E-state index in [-0.39, 0.29) is 0 Å². The van der Waals surface area contributed by atoms with E-state index in [1.165, 1.54) is 0 Å². The summed E-state index contributed by atoms with van der Waals surface area (Å²) in [6.07, 6.45) is 0. The molecule has 0 amide bonds. The van der Waals surface area contributed by atoms with Crippen molar-refractivity contribution >= 4 is 35.7 Å². The van der Waals surface area contributed by atoms with Crippen LogP contribution in [0.15, 0.2) is 48.5 Å². The lowest BCUT2D eigenvalue weighted by molar-refractivity contribution is 0.414. The van der Waals surface area contributed by atoms with Crippen molar-refractivity contribution in [3.05, 3.63) is 48.5 Å². The van der Waals surface area contributed by atoms with Crippen LogP contribution in [0.2, 0.25) is 0 Å². The van der Waals surface area contributed by atoms with Crippen LogP contribution in [0, 0.1) is 0 Å². The minimum absolute atomic E-state index is 0.653. The molecule has 106 valence electrons. The molecule has 0 bridgehead atoms. The number of rotatable bonds is 5. The Morgan fingerprint density at radius 1 is 0.700 bits per heavy atom. The lowest BCUT2D eigenvalue weighted by Gasteiger charge is -2.37. The van der Waals surface area contributed by atoms with Crippen molar-refractivity contribution in [2.24, 2.45) is 0 Å². The van der Waals surface area contributed by atoms with Gasteiger partial charge in [0.05, 0.1) is 19.5 Å². The smallest absolute Gasteiger partial charge is 0.169 e. The molecule has 0 fully saturated rings. The molecule has 0 saturated carbocycles. The number of ether oxygens (including phenoxy) is 2. The van der Waals surface area contributed by atoms with Crippen LogP contribution >= 0.6 is 5.89 Å². The van der Waals surface area contributed by atoms with Gasteiger partial charge in [0, 0.05) is 0 Å². The molecule has 0 aliphatic carbocycles. The first-order chi connectivity index (χ1) is 9.55. The van der Waals surface area contributed by atoms with Crippen LogP contribution in [0.1, 0.15) is 0 Å². The zero-order valence-corrected chi connectivity index (χ0v) is 13.6. The standard InChI is InChI=1S/C14H15O3PS2/c1-15-11-3-5-13(6-4-11)17-18(19,20)14-9-7-12(16-2)8-10-14/h3-10H,1-2H3,(H,19,20)/p-1. The second-order valence-electron chi connectivity index (χ2n) is 3.96. The van der Waals surface area contributed by atoms with Gasteiger partial charge in [-0.05, 0) is 54.4 Å². The van der Waals surface area contributed by atoms with Crippen molar-refractivity contribution < 1.29 is 14.0 Å². The van der Waals surface area contributed by atoms with Crippen LogP contribution in [0.25, 0.3) is 0 Å². The van der Waals surface area contributed by atoms with Crippen molar-refractivity contribution in [1.82, 2.24) is 0 Å². The van der Waals surface area contributed by atoms with Gasteiger partial charge in [-0.2, -0.15) is 0 Å². The summed E-state index contributed by atoms with van der Waals surface area (Å²) >= 11 is 10.9. The molecule has 0 radical (unpaired) electrons. The molecular formula is C14H14O3PS2-. The summed E-state index contributed by atoms with van der Waals surface area (Å²) in [6, 6.07) is 14.6. The summed E-state index contributed by atoms with van der Waals surface area (Å²) in [4.78, 5) is 0. The fourth-order valence-corrected chi connectivity index (χ4v) is 3.86. The van der Waals surface area contributed by atoms with Crippen molar-refractivity contribution in [2.45, 2.75) is 0 Å². The molecule has 2 rings (SSSR count). The Labute approximate surface area is 130 Å². The fourth-order valence-electron chi connectivity index (χ4n) is 1.59. The Hall–Kier alpha value is -1.03. The van der Waals surface area contributed by atoms with E-state index in [0.717, 1.165) is 16.8 Å². The average molecular weight is 325 g/mol. The van der Waals surface area contributed by atoms with Crippen LogP contribution in [0.3, 0.4) is 0 Å². The van der Waals surface area contributed by atoms with Gasteiger partial charge in [-0.15, -0.1) is 0 Å². The van der Waals surface area contributed by atoms with E-state index in [1.54, 1.807) is 26.4 Å². The molecule has 0 saturated heterocycles.